The summed E-state index contributed by atoms with van der Waals surface area (Å²) in [7, 11) is -3.65. The van der Waals surface area contributed by atoms with E-state index in [4.69, 9.17) is 11.6 Å². The van der Waals surface area contributed by atoms with E-state index in [1.165, 1.54) is 11.8 Å². The van der Waals surface area contributed by atoms with Crippen LogP contribution in [0.15, 0.2) is 82.6 Å². The number of anilines is 2. The van der Waals surface area contributed by atoms with Crippen LogP contribution in [0.5, 0.6) is 0 Å². The van der Waals surface area contributed by atoms with Gasteiger partial charge in [-0.15, -0.1) is 11.8 Å². The van der Waals surface area contributed by atoms with Crippen molar-refractivity contribution in [2.75, 3.05) is 10.0 Å². The molecule has 1 atom stereocenters. The molecule has 3 rings (SSSR count). The van der Waals surface area contributed by atoms with Crippen LogP contribution in [-0.4, -0.2) is 19.6 Å². The Labute approximate surface area is 185 Å². The Morgan fingerprint density at radius 2 is 1.60 bits per heavy atom. The van der Waals surface area contributed by atoms with E-state index in [0.29, 0.717) is 16.4 Å². The van der Waals surface area contributed by atoms with Gasteiger partial charge in [0.25, 0.3) is 10.0 Å². The Hall–Kier alpha value is -2.48. The van der Waals surface area contributed by atoms with Crippen molar-refractivity contribution >= 4 is 50.7 Å². The highest BCUT2D eigenvalue weighted by molar-refractivity contribution is 8.00. The van der Waals surface area contributed by atoms with E-state index in [-0.39, 0.29) is 16.1 Å². The predicted octanol–water partition coefficient (Wildman–Crippen LogP) is 5.57. The van der Waals surface area contributed by atoms with Gasteiger partial charge in [0, 0.05) is 10.6 Å². The van der Waals surface area contributed by atoms with E-state index in [2.05, 4.69) is 10.0 Å². The van der Waals surface area contributed by atoms with Crippen molar-refractivity contribution in [1.82, 2.24) is 0 Å². The number of nitrogens with one attached hydrogen (secondary N) is 2. The number of sulfonamides is 1. The highest BCUT2D eigenvalue weighted by atomic mass is 35.5. The first kappa shape index (κ1) is 22.2. The normalized spacial score (nSPS) is 12.2. The molecular weight excluding hydrogens is 440 g/mol. The molecule has 5 nitrogen and oxygen atoms in total. The minimum Gasteiger partial charge on any atom is -0.324 e. The van der Waals surface area contributed by atoms with Gasteiger partial charge < -0.3 is 5.32 Å². The fourth-order valence-corrected chi connectivity index (χ4v) is 4.70. The highest BCUT2D eigenvalue weighted by Gasteiger charge is 2.17. The second kappa shape index (κ2) is 9.55. The van der Waals surface area contributed by atoms with E-state index in [1.807, 2.05) is 6.92 Å². The van der Waals surface area contributed by atoms with Crippen LogP contribution in [0.2, 0.25) is 5.02 Å². The molecule has 0 saturated carbocycles. The Bertz CT molecular complexity index is 1130. The first-order valence-corrected chi connectivity index (χ1v) is 11.9. The van der Waals surface area contributed by atoms with Crippen molar-refractivity contribution < 1.29 is 13.2 Å². The van der Waals surface area contributed by atoms with E-state index in [1.54, 1.807) is 79.7 Å². The molecule has 8 heteroatoms. The lowest BCUT2D eigenvalue weighted by molar-refractivity contribution is -0.115. The molecular formula is C22H21ClN2O3S2. The molecule has 0 saturated heterocycles. The smallest absolute Gasteiger partial charge is 0.261 e. The third-order valence-electron chi connectivity index (χ3n) is 4.25. The second-order valence-corrected chi connectivity index (χ2v) is 10.2. The van der Waals surface area contributed by atoms with Gasteiger partial charge in [-0.25, -0.2) is 8.42 Å². The van der Waals surface area contributed by atoms with Crippen molar-refractivity contribution in [3.63, 3.8) is 0 Å². The van der Waals surface area contributed by atoms with Gasteiger partial charge in [0.1, 0.15) is 0 Å². The summed E-state index contributed by atoms with van der Waals surface area (Å²) in [5.74, 6) is -0.169. The van der Waals surface area contributed by atoms with Gasteiger partial charge in [-0.2, -0.15) is 0 Å². The van der Waals surface area contributed by atoms with Crippen LogP contribution in [0.3, 0.4) is 0 Å². The summed E-state index contributed by atoms with van der Waals surface area (Å²) in [4.78, 5) is 13.5. The van der Waals surface area contributed by atoms with Crippen LogP contribution in [0.1, 0.15) is 12.5 Å². The van der Waals surface area contributed by atoms with Crippen molar-refractivity contribution in [3.05, 3.63) is 83.4 Å². The Kier molecular flexibility index (Phi) is 7.07. The first-order valence-electron chi connectivity index (χ1n) is 9.16. The number of carbonyl (C=O) groups is 1. The first-order chi connectivity index (χ1) is 14.2. The molecule has 0 bridgehead atoms. The van der Waals surface area contributed by atoms with E-state index < -0.39 is 10.0 Å². The molecule has 0 aliphatic carbocycles. The van der Waals surface area contributed by atoms with Crippen LogP contribution < -0.4 is 10.0 Å². The molecule has 0 fully saturated rings. The SMILES string of the molecule is Cc1ccc(S(=O)(=O)Nc2ccc(SC(C)C(=O)Nc3ccccc3Cl)cc2)cc1. The third-order valence-corrected chi connectivity index (χ3v) is 7.09. The number of carbonyl (C=O) groups excluding carboxylic acids is 1. The molecule has 1 amide bonds. The van der Waals surface area contributed by atoms with E-state index in [9.17, 15) is 13.2 Å². The average Bonchev–Trinajstić information content (AvgIpc) is 2.71. The Balaban J connectivity index is 1.62. The number of thioether (sulfide) groups is 1. The summed E-state index contributed by atoms with van der Waals surface area (Å²) in [5.41, 5.74) is 2.01. The number of rotatable bonds is 7. The van der Waals surface area contributed by atoms with Crippen LogP contribution >= 0.6 is 23.4 Å². The monoisotopic (exact) mass is 460 g/mol. The van der Waals surface area contributed by atoms with Crippen molar-refractivity contribution in [1.29, 1.82) is 0 Å². The number of hydrogen-bond donors (Lipinski definition) is 2. The van der Waals surface area contributed by atoms with Gasteiger partial charge >= 0.3 is 0 Å². The quantitative estimate of drug-likeness (QED) is 0.452. The molecule has 0 radical (unpaired) electrons. The van der Waals surface area contributed by atoms with Gasteiger partial charge in [0.05, 0.1) is 20.9 Å². The van der Waals surface area contributed by atoms with Gasteiger partial charge in [0.2, 0.25) is 5.91 Å². The summed E-state index contributed by atoms with van der Waals surface area (Å²) in [6.07, 6.45) is 0. The number of halogens is 1. The molecule has 3 aromatic rings. The zero-order chi connectivity index (χ0) is 21.7. The maximum atomic E-state index is 12.5. The standard InChI is InChI=1S/C22H21ClN2O3S2/c1-15-7-13-19(14-8-15)30(27,28)25-17-9-11-18(12-10-17)29-16(2)22(26)24-21-6-4-3-5-20(21)23/h3-14,16,25H,1-2H3,(H,24,26). The van der Waals surface area contributed by atoms with Crippen molar-refractivity contribution in [2.24, 2.45) is 0 Å². The van der Waals surface area contributed by atoms with Crippen molar-refractivity contribution in [2.45, 2.75) is 28.9 Å². The largest absolute Gasteiger partial charge is 0.324 e. The Morgan fingerprint density at radius 3 is 2.23 bits per heavy atom. The molecule has 30 heavy (non-hydrogen) atoms. The second-order valence-electron chi connectivity index (χ2n) is 6.67. The summed E-state index contributed by atoms with van der Waals surface area (Å²) < 4.78 is 27.5. The number of amides is 1. The summed E-state index contributed by atoms with van der Waals surface area (Å²) in [6.45, 7) is 3.70. The number of hydrogen-bond acceptors (Lipinski definition) is 4. The van der Waals surface area contributed by atoms with Crippen LogP contribution in [0.25, 0.3) is 0 Å². The van der Waals surface area contributed by atoms with E-state index in [0.717, 1.165) is 10.5 Å². The fraction of sp³-hybridized carbons (Fsp3) is 0.136. The van der Waals surface area contributed by atoms with Crippen LogP contribution in [-0.2, 0) is 14.8 Å². The third kappa shape index (κ3) is 5.78. The Morgan fingerprint density at radius 1 is 0.967 bits per heavy atom. The molecule has 0 aromatic heterocycles. The van der Waals surface area contributed by atoms with Crippen LogP contribution in [0, 0.1) is 6.92 Å². The highest BCUT2D eigenvalue weighted by Crippen LogP contribution is 2.27. The number of aryl methyl sites for hydroxylation is 1. The van der Waals surface area contributed by atoms with Gasteiger partial charge in [-0.1, -0.05) is 41.4 Å². The summed E-state index contributed by atoms with van der Waals surface area (Å²) in [5, 5.41) is 2.93. The molecule has 0 aliphatic heterocycles. The maximum absolute atomic E-state index is 12.5. The van der Waals surface area contributed by atoms with Gasteiger partial charge in [-0.05, 0) is 62.4 Å². The molecule has 0 spiro atoms. The molecule has 0 aliphatic rings. The summed E-state index contributed by atoms with van der Waals surface area (Å²) >= 11 is 7.45. The maximum Gasteiger partial charge on any atom is 0.261 e. The number of para-hydroxylation sites is 1. The lowest BCUT2D eigenvalue weighted by Crippen LogP contribution is -2.22. The fourth-order valence-electron chi connectivity index (χ4n) is 2.59. The zero-order valence-electron chi connectivity index (χ0n) is 16.4. The minimum atomic E-state index is -3.65. The zero-order valence-corrected chi connectivity index (χ0v) is 18.8. The molecule has 0 heterocycles. The molecule has 3 aromatic carbocycles. The molecule has 2 N–H and O–H groups in total. The van der Waals surface area contributed by atoms with Crippen molar-refractivity contribution in [3.8, 4) is 0 Å². The predicted molar refractivity (Wildman–Crippen MR) is 124 cm³/mol. The summed E-state index contributed by atoms with van der Waals surface area (Å²) in [6, 6.07) is 20.6. The van der Waals surface area contributed by atoms with Gasteiger partial charge in [0.15, 0.2) is 0 Å². The average molecular weight is 461 g/mol. The van der Waals surface area contributed by atoms with Gasteiger partial charge in [-0.3, -0.25) is 9.52 Å². The topological polar surface area (TPSA) is 75.3 Å². The number of benzene rings is 3. The van der Waals surface area contributed by atoms with E-state index >= 15 is 0 Å². The molecule has 1 unspecified atom stereocenters. The minimum absolute atomic E-state index is 0.169. The molecule has 156 valence electrons. The lowest BCUT2D eigenvalue weighted by Gasteiger charge is -2.13. The van der Waals surface area contributed by atoms with Crippen LogP contribution in [0.4, 0.5) is 11.4 Å². The lowest BCUT2D eigenvalue weighted by atomic mass is 10.2.